The van der Waals surface area contributed by atoms with Crippen LogP contribution >= 0.6 is 20.0 Å². The SMILES string of the molecule is CCOP(=O)(CCN)OCC.Cl. The second kappa shape index (κ2) is 8.02. The fourth-order valence-corrected chi connectivity index (χ4v) is 2.15. The quantitative estimate of drug-likeness (QED) is 0.687. The highest BCUT2D eigenvalue weighted by Gasteiger charge is 2.21. The fraction of sp³-hybridized carbons (Fsp3) is 1.00. The molecule has 0 radical (unpaired) electrons. The van der Waals surface area contributed by atoms with E-state index < -0.39 is 7.60 Å². The summed E-state index contributed by atoms with van der Waals surface area (Å²) in [5.74, 6) is 0. The molecule has 12 heavy (non-hydrogen) atoms. The summed E-state index contributed by atoms with van der Waals surface area (Å²) in [5.41, 5.74) is 5.24. The summed E-state index contributed by atoms with van der Waals surface area (Å²) in [5, 5.41) is 0. The van der Waals surface area contributed by atoms with Crippen molar-refractivity contribution in [3.8, 4) is 0 Å². The minimum atomic E-state index is -2.84. The molecule has 76 valence electrons. The second-order valence-corrected chi connectivity index (χ2v) is 4.14. The molecule has 0 atom stereocenters. The van der Waals surface area contributed by atoms with Gasteiger partial charge in [-0.05, 0) is 13.8 Å². The van der Waals surface area contributed by atoms with Crippen molar-refractivity contribution < 1.29 is 13.6 Å². The number of rotatable bonds is 6. The Morgan fingerprint density at radius 3 is 1.92 bits per heavy atom. The van der Waals surface area contributed by atoms with Gasteiger partial charge in [-0.15, -0.1) is 12.4 Å². The first-order valence-corrected chi connectivity index (χ1v) is 5.49. The predicted molar refractivity (Wildman–Crippen MR) is 52.0 cm³/mol. The molecule has 0 rings (SSSR count). The molecular weight excluding hydrogens is 200 g/mol. The standard InChI is InChI=1S/C6H16NO3P.ClH/c1-3-9-11(8,6-5-7)10-4-2;/h3-7H2,1-2H3;1H. The molecule has 0 unspecified atom stereocenters. The summed E-state index contributed by atoms with van der Waals surface area (Å²) in [7, 11) is -2.84. The van der Waals surface area contributed by atoms with Crippen LogP contribution in [0.2, 0.25) is 0 Å². The average Bonchev–Trinajstić information content (AvgIpc) is 1.88. The van der Waals surface area contributed by atoms with Crippen molar-refractivity contribution >= 4 is 20.0 Å². The summed E-state index contributed by atoms with van der Waals surface area (Å²) in [6, 6.07) is 0. The Labute approximate surface area is 79.7 Å². The van der Waals surface area contributed by atoms with Gasteiger partial charge in [0.15, 0.2) is 0 Å². The molecule has 0 bridgehead atoms. The van der Waals surface area contributed by atoms with E-state index >= 15 is 0 Å². The Bertz CT molecular complexity index is 121. The molecule has 4 nitrogen and oxygen atoms in total. The smallest absolute Gasteiger partial charge is 0.330 e. The van der Waals surface area contributed by atoms with Crippen molar-refractivity contribution in [3.05, 3.63) is 0 Å². The molecule has 0 fully saturated rings. The first-order chi connectivity index (χ1) is 5.18. The van der Waals surface area contributed by atoms with E-state index in [4.69, 9.17) is 14.8 Å². The second-order valence-electron chi connectivity index (χ2n) is 1.96. The van der Waals surface area contributed by atoms with Crippen molar-refractivity contribution in [2.75, 3.05) is 25.9 Å². The van der Waals surface area contributed by atoms with Crippen LogP contribution < -0.4 is 5.73 Å². The topological polar surface area (TPSA) is 61.5 Å². The Balaban J connectivity index is 0. The maximum atomic E-state index is 11.5. The first kappa shape index (κ1) is 14.9. The van der Waals surface area contributed by atoms with Crippen molar-refractivity contribution in [2.24, 2.45) is 5.73 Å². The zero-order valence-electron chi connectivity index (χ0n) is 7.49. The monoisotopic (exact) mass is 217 g/mol. The van der Waals surface area contributed by atoms with Crippen LogP contribution in [-0.4, -0.2) is 25.9 Å². The maximum Gasteiger partial charge on any atom is 0.331 e. The molecule has 0 aromatic heterocycles. The Kier molecular flexibility index (Phi) is 9.96. The molecule has 6 heteroatoms. The molecule has 0 heterocycles. The number of nitrogens with two attached hydrogens (primary N) is 1. The van der Waals surface area contributed by atoms with Crippen LogP contribution in [0.1, 0.15) is 13.8 Å². The van der Waals surface area contributed by atoms with Gasteiger partial charge in [-0.2, -0.15) is 0 Å². The van der Waals surface area contributed by atoms with E-state index in [2.05, 4.69) is 0 Å². The third-order valence-electron chi connectivity index (χ3n) is 1.05. The molecular formula is C6H17ClNO3P. The third-order valence-corrected chi connectivity index (χ3v) is 3.16. The van der Waals surface area contributed by atoms with Gasteiger partial charge in [0.1, 0.15) is 0 Å². The molecule has 2 N–H and O–H groups in total. The molecule has 0 aliphatic heterocycles. The summed E-state index contributed by atoms with van der Waals surface area (Å²) < 4.78 is 21.4. The zero-order valence-corrected chi connectivity index (χ0v) is 9.20. The number of hydrogen-bond acceptors (Lipinski definition) is 4. The highest BCUT2D eigenvalue weighted by atomic mass is 35.5. The first-order valence-electron chi connectivity index (χ1n) is 3.76. The molecule has 0 saturated carbocycles. The Hall–Kier alpha value is 0.400. The predicted octanol–water partition coefficient (Wildman–Crippen LogP) is 1.63. The maximum absolute atomic E-state index is 11.5. The summed E-state index contributed by atoms with van der Waals surface area (Å²) in [4.78, 5) is 0. The zero-order chi connectivity index (χ0) is 8.74. The van der Waals surface area contributed by atoms with E-state index in [9.17, 15) is 4.57 Å². The van der Waals surface area contributed by atoms with Crippen LogP contribution in [0.15, 0.2) is 0 Å². The Morgan fingerprint density at radius 2 is 1.67 bits per heavy atom. The Morgan fingerprint density at radius 1 is 1.25 bits per heavy atom. The molecule has 0 aromatic carbocycles. The van der Waals surface area contributed by atoms with Gasteiger partial charge >= 0.3 is 7.60 Å². The van der Waals surface area contributed by atoms with E-state index in [0.717, 1.165) is 0 Å². The molecule has 0 amide bonds. The van der Waals surface area contributed by atoms with E-state index in [-0.39, 0.29) is 12.4 Å². The van der Waals surface area contributed by atoms with Crippen LogP contribution in [0.4, 0.5) is 0 Å². The van der Waals surface area contributed by atoms with Gasteiger partial charge in [0.05, 0.1) is 19.4 Å². The molecule has 0 spiro atoms. The van der Waals surface area contributed by atoms with Gasteiger partial charge < -0.3 is 14.8 Å². The van der Waals surface area contributed by atoms with Gasteiger partial charge in [-0.25, -0.2) is 0 Å². The molecule has 0 saturated heterocycles. The van der Waals surface area contributed by atoms with E-state index in [0.29, 0.717) is 25.9 Å². The van der Waals surface area contributed by atoms with Gasteiger partial charge in [0.25, 0.3) is 0 Å². The van der Waals surface area contributed by atoms with Crippen LogP contribution in [0.25, 0.3) is 0 Å². The molecule has 0 aliphatic rings. The van der Waals surface area contributed by atoms with Crippen molar-refractivity contribution in [1.82, 2.24) is 0 Å². The number of hydrogen-bond donors (Lipinski definition) is 1. The lowest BCUT2D eigenvalue weighted by Gasteiger charge is -2.15. The summed E-state index contributed by atoms with van der Waals surface area (Å²) in [6.07, 6.45) is 0.300. The van der Waals surface area contributed by atoms with Crippen LogP contribution in [-0.2, 0) is 13.6 Å². The van der Waals surface area contributed by atoms with Gasteiger partial charge in [-0.1, -0.05) is 0 Å². The van der Waals surface area contributed by atoms with Crippen LogP contribution in [0.5, 0.6) is 0 Å². The normalized spacial score (nSPS) is 10.9. The van der Waals surface area contributed by atoms with Crippen LogP contribution in [0, 0.1) is 0 Å². The van der Waals surface area contributed by atoms with Gasteiger partial charge in [0, 0.05) is 6.54 Å². The summed E-state index contributed by atoms with van der Waals surface area (Å²) >= 11 is 0. The third kappa shape index (κ3) is 5.98. The van der Waals surface area contributed by atoms with Gasteiger partial charge in [0.2, 0.25) is 0 Å². The average molecular weight is 218 g/mol. The molecule has 0 aromatic rings. The van der Waals surface area contributed by atoms with E-state index in [1.54, 1.807) is 13.8 Å². The molecule has 0 aliphatic carbocycles. The van der Waals surface area contributed by atoms with Crippen LogP contribution in [0.3, 0.4) is 0 Å². The lowest BCUT2D eigenvalue weighted by atomic mass is 10.8. The van der Waals surface area contributed by atoms with Crippen molar-refractivity contribution in [3.63, 3.8) is 0 Å². The van der Waals surface area contributed by atoms with Gasteiger partial charge in [-0.3, -0.25) is 4.57 Å². The van der Waals surface area contributed by atoms with E-state index in [1.807, 2.05) is 0 Å². The lowest BCUT2D eigenvalue weighted by molar-refractivity contribution is 0.221. The fourth-order valence-electron chi connectivity index (χ4n) is 0.718. The van der Waals surface area contributed by atoms with Crippen molar-refractivity contribution in [1.29, 1.82) is 0 Å². The lowest BCUT2D eigenvalue weighted by Crippen LogP contribution is -2.09. The summed E-state index contributed by atoms with van der Waals surface area (Å²) in [6.45, 7) is 4.69. The van der Waals surface area contributed by atoms with Crippen molar-refractivity contribution in [2.45, 2.75) is 13.8 Å². The highest BCUT2D eigenvalue weighted by molar-refractivity contribution is 7.53. The largest absolute Gasteiger partial charge is 0.331 e. The number of halogens is 1. The van der Waals surface area contributed by atoms with E-state index in [1.165, 1.54) is 0 Å². The highest BCUT2D eigenvalue weighted by Crippen LogP contribution is 2.46. The minimum absolute atomic E-state index is 0. The minimum Gasteiger partial charge on any atom is -0.330 e.